The van der Waals surface area contributed by atoms with Crippen LogP contribution in [-0.4, -0.2) is 37.8 Å². The van der Waals surface area contributed by atoms with Gasteiger partial charge in [0.05, 0.1) is 4.90 Å². The van der Waals surface area contributed by atoms with Gasteiger partial charge < -0.3 is 5.32 Å². The average Bonchev–Trinajstić information content (AvgIpc) is 2.60. The Labute approximate surface area is 121 Å². The molecule has 0 atom stereocenters. The lowest BCUT2D eigenvalue weighted by atomic mass is 9.85. The standard InChI is InChI=1S/C14H23N3O2S/c1-14(2)6-4-9-17(10-7-14)20(18,19)12-5-8-16-13(11-12)15-3/h5,8,11H,4,6-7,9-10H2,1-3H3,(H,15,16). The molecule has 5 nitrogen and oxygen atoms in total. The second kappa shape index (κ2) is 5.69. The molecule has 0 radical (unpaired) electrons. The van der Waals surface area contributed by atoms with Gasteiger partial charge in [0, 0.05) is 32.4 Å². The van der Waals surface area contributed by atoms with Crippen molar-refractivity contribution in [1.29, 1.82) is 0 Å². The van der Waals surface area contributed by atoms with Crippen LogP contribution in [0.5, 0.6) is 0 Å². The van der Waals surface area contributed by atoms with Gasteiger partial charge in [0.25, 0.3) is 0 Å². The summed E-state index contributed by atoms with van der Waals surface area (Å²) in [4.78, 5) is 4.38. The Morgan fingerprint density at radius 3 is 2.75 bits per heavy atom. The van der Waals surface area contributed by atoms with Crippen LogP contribution < -0.4 is 5.32 Å². The first kappa shape index (κ1) is 15.3. The van der Waals surface area contributed by atoms with Gasteiger partial charge in [-0.25, -0.2) is 13.4 Å². The van der Waals surface area contributed by atoms with Crippen molar-refractivity contribution in [3.63, 3.8) is 0 Å². The molecule has 1 aliphatic heterocycles. The van der Waals surface area contributed by atoms with E-state index in [0.717, 1.165) is 19.3 Å². The Kier molecular flexibility index (Phi) is 4.34. The highest BCUT2D eigenvalue weighted by atomic mass is 32.2. The molecule has 1 saturated heterocycles. The normalized spacial score (nSPS) is 20.4. The van der Waals surface area contributed by atoms with E-state index >= 15 is 0 Å². The average molecular weight is 297 g/mol. The molecule has 2 rings (SSSR count). The minimum absolute atomic E-state index is 0.221. The van der Waals surface area contributed by atoms with Gasteiger partial charge in [-0.1, -0.05) is 13.8 Å². The smallest absolute Gasteiger partial charge is 0.243 e. The molecule has 0 spiro atoms. The molecule has 0 saturated carbocycles. The first-order chi connectivity index (χ1) is 9.35. The summed E-state index contributed by atoms with van der Waals surface area (Å²) in [7, 11) is -1.69. The van der Waals surface area contributed by atoms with Crippen molar-refractivity contribution in [2.75, 3.05) is 25.5 Å². The third-order valence-electron chi connectivity index (χ3n) is 3.92. The number of hydrogen-bond donors (Lipinski definition) is 1. The van der Waals surface area contributed by atoms with Crippen molar-refractivity contribution < 1.29 is 8.42 Å². The number of pyridine rings is 1. The van der Waals surface area contributed by atoms with Crippen LogP contribution in [0.3, 0.4) is 0 Å². The van der Waals surface area contributed by atoms with Gasteiger partial charge in [0.2, 0.25) is 10.0 Å². The number of hydrogen-bond acceptors (Lipinski definition) is 4. The molecular weight excluding hydrogens is 274 g/mol. The quantitative estimate of drug-likeness (QED) is 0.930. The van der Waals surface area contributed by atoms with E-state index in [-0.39, 0.29) is 5.41 Å². The molecule has 0 unspecified atom stereocenters. The van der Waals surface area contributed by atoms with Crippen LogP contribution >= 0.6 is 0 Å². The second-order valence-corrected chi connectivity index (χ2v) is 7.99. The molecule has 6 heteroatoms. The SMILES string of the molecule is CNc1cc(S(=O)(=O)N2CCCC(C)(C)CC2)ccn1. The van der Waals surface area contributed by atoms with E-state index in [4.69, 9.17) is 0 Å². The molecule has 1 fully saturated rings. The van der Waals surface area contributed by atoms with Gasteiger partial charge in [0.15, 0.2) is 0 Å². The van der Waals surface area contributed by atoms with Crippen LogP contribution in [0.25, 0.3) is 0 Å². The molecule has 0 bridgehead atoms. The summed E-state index contributed by atoms with van der Waals surface area (Å²) in [6, 6.07) is 3.15. The molecule has 0 aromatic carbocycles. The summed E-state index contributed by atoms with van der Waals surface area (Å²) in [5, 5.41) is 2.87. The van der Waals surface area contributed by atoms with Gasteiger partial charge in [-0.05, 0) is 30.7 Å². The van der Waals surface area contributed by atoms with E-state index in [1.165, 1.54) is 6.20 Å². The highest BCUT2D eigenvalue weighted by Gasteiger charge is 2.30. The van der Waals surface area contributed by atoms with Crippen LogP contribution in [0.1, 0.15) is 33.1 Å². The molecule has 112 valence electrons. The first-order valence-corrected chi connectivity index (χ1v) is 8.43. The van der Waals surface area contributed by atoms with E-state index in [2.05, 4.69) is 24.1 Å². The minimum atomic E-state index is -3.41. The first-order valence-electron chi connectivity index (χ1n) is 6.99. The lowest BCUT2D eigenvalue weighted by molar-refractivity contribution is 0.315. The molecule has 1 aromatic heterocycles. The van der Waals surface area contributed by atoms with Crippen molar-refractivity contribution >= 4 is 15.8 Å². The van der Waals surface area contributed by atoms with Crippen molar-refractivity contribution in [2.45, 2.75) is 38.0 Å². The highest BCUT2D eigenvalue weighted by molar-refractivity contribution is 7.89. The van der Waals surface area contributed by atoms with Crippen molar-refractivity contribution in [2.24, 2.45) is 5.41 Å². The number of aromatic nitrogens is 1. The number of nitrogens with one attached hydrogen (secondary N) is 1. The third-order valence-corrected chi connectivity index (χ3v) is 5.82. The van der Waals surface area contributed by atoms with E-state index in [9.17, 15) is 8.42 Å². The summed E-state index contributed by atoms with van der Waals surface area (Å²) >= 11 is 0. The minimum Gasteiger partial charge on any atom is -0.373 e. The fourth-order valence-electron chi connectivity index (χ4n) is 2.50. The summed E-state index contributed by atoms with van der Waals surface area (Å²) in [5.74, 6) is 0.571. The summed E-state index contributed by atoms with van der Waals surface area (Å²) in [6.07, 6.45) is 4.41. The lowest BCUT2D eigenvalue weighted by Gasteiger charge is -2.23. The van der Waals surface area contributed by atoms with Crippen LogP contribution in [0, 0.1) is 5.41 Å². The van der Waals surface area contributed by atoms with Gasteiger partial charge in [0.1, 0.15) is 5.82 Å². The number of rotatable bonds is 3. The van der Waals surface area contributed by atoms with E-state index in [1.54, 1.807) is 23.5 Å². The molecule has 1 N–H and O–H groups in total. The maximum atomic E-state index is 12.7. The summed E-state index contributed by atoms with van der Waals surface area (Å²) in [6.45, 7) is 5.60. The highest BCUT2D eigenvalue weighted by Crippen LogP contribution is 2.31. The summed E-state index contributed by atoms with van der Waals surface area (Å²) in [5.41, 5.74) is 0.221. The maximum Gasteiger partial charge on any atom is 0.243 e. The van der Waals surface area contributed by atoms with Gasteiger partial charge in [-0.15, -0.1) is 0 Å². The molecule has 1 aliphatic rings. The van der Waals surface area contributed by atoms with Gasteiger partial charge in [-0.3, -0.25) is 0 Å². The molecular formula is C14H23N3O2S. The Morgan fingerprint density at radius 2 is 2.05 bits per heavy atom. The van der Waals surface area contributed by atoms with E-state index < -0.39 is 10.0 Å². The van der Waals surface area contributed by atoms with Gasteiger partial charge >= 0.3 is 0 Å². The Bertz CT molecular complexity index is 570. The second-order valence-electron chi connectivity index (χ2n) is 6.05. The predicted octanol–water partition coefficient (Wildman–Crippen LogP) is 2.32. The fourth-order valence-corrected chi connectivity index (χ4v) is 3.99. The summed E-state index contributed by atoms with van der Waals surface area (Å²) < 4.78 is 27.0. The molecule has 1 aromatic rings. The molecule has 0 amide bonds. The lowest BCUT2D eigenvalue weighted by Crippen LogP contribution is -2.32. The topological polar surface area (TPSA) is 62.3 Å². The monoisotopic (exact) mass is 297 g/mol. The van der Waals surface area contributed by atoms with E-state index in [0.29, 0.717) is 23.8 Å². The predicted molar refractivity (Wildman–Crippen MR) is 80.2 cm³/mol. The van der Waals surface area contributed by atoms with Crippen molar-refractivity contribution in [3.05, 3.63) is 18.3 Å². The molecule has 0 aliphatic carbocycles. The molecule has 2 heterocycles. The van der Waals surface area contributed by atoms with Crippen molar-refractivity contribution in [1.82, 2.24) is 9.29 Å². The third kappa shape index (κ3) is 3.30. The van der Waals surface area contributed by atoms with Crippen LogP contribution in [0.15, 0.2) is 23.2 Å². The van der Waals surface area contributed by atoms with Gasteiger partial charge in [-0.2, -0.15) is 4.31 Å². The zero-order valence-corrected chi connectivity index (χ0v) is 13.2. The Balaban J connectivity index is 2.25. The van der Waals surface area contributed by atoms with Crippen LogP contribution in [0.2, 0.25) is 0 Å². The number of anilines is 1. The van der Waals surface area contributed by atoms with Crippen LogP contribution in [0.4, 0.5) is 5.82 Å². The molecule has 20 heavy (non-hydrogen) atoms. The Morgan fingerprint density at radius 1 is 1.30 bits per heavy atom. The van der Waals surface area contributed by atoms with Crippen LogP contribution in [-0.2, 0) is 10.0 Å². The van der Waals surface area contributed by atoms with E-state index in [1.807, 2.05) is 0 Å². The number of nitrogens with zero attached hydrogens (tertiary/aromatic N) is 2. The largest absolute Gasteiger partial charge is 0.373 e. The number of sulfonamides is 1. The maximum absolute atomic E-state index is 12.7. The fraction of sp³-hybridized carbons (Fsp3) is 0.643. The zero-order valence-electron chi connectivity index (χ0n) is 12.4. The Hall–Kier alpha value is -1.14. The zero-order chi connectivity index (χ0) is 14.8. The van der Waals surface area contributed by atoms with Crippen molar-refractivity contribution in [3.8, 4) is 0 Å².